The first-order valence-electron chi connectivity index (χ1n) is 9.14. The molecule has 0 unspecified atom stereocenters. The van der Waals surface area contributed by atoms with Gasteiger partial charge in [-0.1, -0.05) is 5.16 Å². The first kappa shape index (κ1) is 22.4. The van der Waals surface area contributed by atoms with Crippen molar-refractivity contribution in [2.24, 2.45) is 14.1 Å². The fourth-order valence-electron chi connectivity index (χ4n) is 3.13. The topological polar surface area (TPSA) is 112 Å². The molecule has 0 aliphatic rings. The van der Waals surface area contributed by atoms with Gasteiger partial charge in [0.25, 0.3) is 5.56 Å². The Balaban J connectivity index is 1.56. The van der Waals surface area contributed by atoms with Crippen LogP contribution in [0.4, 0.5) is 22.7 Å². The minimum atomic E-state index is -4.87. The number of nitrogens with one attached hydrogen (secondary N) is 1. The van der Waals surface area contributed by atoms with Crippen LogP contribution in [0.15, 0.2) is 37.7 Å². The van der Waals surface area contributed by atoms with E-state index in [1.165, 1.54) is 19.5 Å². The van der Waals surface area contributed by atoms with Crippen molar-refractivity contribution in [1.82, 2.24) is 19.3 Å². The molecule has 1 amide bonds. The van der Waals surface area contributed by atoms with Crippen LogP contribution in [0.5, 0.6) is 0 Å². The van der Waals surface area contributed by atoms with Crippen LogP contribution in [-0.2, 0) is 31.5 Å². The summed E-state index contributed by atoms with van der Waals surface area (Å²) in [4.78, 5) is 40.9. The molecule has 9 nitrogen and oxygen atoms in total. The lowest BCUT2D eigenvalue weighted by Gasteiger charge is -2.09. The lowest BCUT2D eigenvalue weighted by atomic mass is 10.1. The molecule has 0 radical (unpaired) electrons. The van der Waals surface area contributed by atoms with Crippen molar-refractivity contribution >= 4 is 33.5 Å². The molecule has 0 saturated heterocycles. The number of amides is 1. The molecule has 172 valence electrons. The van der Waals surface area contributed by atoms with Gasteiger partial charge in [0.2, 0.25) is 11.6 Å². The number of anilines is 1. The fourth-order valence-corrected chi connectivity index (χ4v) is 3.86. The lowest BCUT2D eigenvalue weighted by molar-refractivity contribution is -0.140. The number of alkyl halides is 3. The third kappa shape index (κ3) is 4.04. The van der Waals surface area contributed by atoms with Crippen LogP contribution in [0, 0.1) is 5.82 Å². The summed E-state index contributed by atoms with van der Waals surface area (Å²) in [6.45, 7) is 0. The maximum absolute atomic E-state index is 13.5. The Morgan fingerprint density at radius 1 is 1.21 bits per heavy atom. The number of aromatic nitrogens is 4. The normalized spacial score (nSPS) is 11.8. The quantitative estimate of drug-likeness (QED) is 0.447. The first-order chi connectivity index (χ1) is 15.5. The molecule has 14 heteroatoms. The van der Waals surface area contributed by atoms with E-state index < -0.39 is 34.7 Å². The highest BCUT2D eigenvalue weighted by Crippen LogP contribution is 2.35. The molecule has 3 aromatic heterocycles. The maximum atomic E-state index is 13.5. The lowest BCUT2D eigenvalue weighted by Crippen LogP contribution is -2.36. The number of carbonyl (C=O) groups excluding carboxylic acids is 1. The number of halogens is 4. The van der Waals surface area contributed by atoms with Gasteiger partial charge in [-0.15, -0.1) is 11.3 Å². The van der Waals surface area contributed by atoms with Gasteiger partial charge < -0.3 is 9.84 Å². The molecule has 0 fully saturated rings. The van der Waals surface area contributed by atoms with Gasteiger partial charge in [-0.2, -0.15) is 13.2 Å². The van der Waals surface area contributed by atoms with Crippen LogP contribution in [0.25, 0.3) is 22.4 Å². The molecule has 0 aliphatic heterocycles. The fraction of sp³-hybridized carbons (Fsp3) is 0.211. The Labute approximate surface area is 184 Å². The minimum Gasteiger partial charge on any atom is -0.337 e. The summed E-state index contributed by atoms with van der Waals surface area (Å²) in [5.41, 5.74) is -2.67. The summed E-state index contributed by atoms with van der Waals surface area (Å²) >= 11 is 0.943. The molecule has 4 rings (SSSR count). The number of hydrogen-bond acceptors (Lipinski definition) is 7. The zero-order valence-corrected chi connectivity index (χ0v) is 17.7. The van der Waals surface area contributed by atoms with E-state index in [0.29, 0.717) is 12.1 Å². The minimum absolute atomic E-state index is 0.00355. The van der Waals surface area contributed by atoms with Gasteiger partial charge in [-0.25, -0.2) is 14.2 Å². The van der Waals surface area contributed by atoms with Gasteiger partial charge in [0.05, 0.1) is 17.7 Å². The monoisotopic (exact) mass is 483 g/mol. The average Bonchev–Trinajstić information content (AvgIpc) is 3.37. The van der Waals surface area contributed by atoms with Crippen molar-refractivity contribution in [3.05, 3.63) is 61.5 Å². The average molecular weight is 483 g/mol. The van der Waals surface area contributed by atoms with E-state index >= 15 is 0 Å². The van der Waals surface area contributed by atoms with Crippen molar-refractivity contribution in [1.29, 1.82) is 0 Å². The van der Waals surface area contributed by atoms with Gasteiger partial charge in [0.15, 0.2) is 5.13 Å². The van der Waals surface area contributed by atoms with Crippen LogP contribution in [0.2, 0.25) is 0 Å². The summed E-state index contributed by atoms with van der Waals surface area (Å²) in [5, 5.41) is 7.62. The van der Waals surface area contributed by atoms with Gasteiger partial charge in [0, 0.05) is 25.0 Å². The van der Waals surface area contributed by atoms with Gasteiger partial charge >= 0.3 is 11.9 Å². The Morgan fingerprint density at radius 2 is 1.94 bits per heavy atom. The predicted molar refractivity (Wildman–Crippen MR) is 109 cm³/mol. The van der Waals surface area contributed by atoms with Crippen LogP contribution in [0.3, 0.4) is 0 Å². The molecule has 0 saturated carbocycles. The third-order valence-corrected chi connectivity index (χ3v) is 5.55. The second-order valence-corrected chi connectivity index (χ2v) is 7.83. The molecule has 1 aromatic carbocycles. The van der Waals surface area contributed by atoms with Crippen LogP contribution in [0.1, 0.15) is 11.3 Å². The predicted octanol–water partition coefficient (Wildman–Crippen LogP) is 2.69. The smallest absolute Gasteiger partial charge is 0.337 e. The number of aryl methyl sites for hydroxylation is 1. The van der Waals surface area contributed by atoms with Crippen LogP contribution < -0.4 is 16.6 Å². The largest absolute Gasteiger partial charge is 0.419 e. The van der Waals surface area contributed by atoms with Gasteiger partial charge in [0.1, 0.15) is 16.9 Å². The van der Waals surface area contributed by atoms with Crippen molar-refractivity contribution in [3.63, 3.8) is 0 Å². The summed E-state index contributed by atoms with van der Waals surface area (Å²) in [5.74, 6) is -2.03. The van der Waals surface area contributed by atoms with E-state index in [-0.39, 0.29) is 39.6 Å². The van der Waals surface area contributed by atoms with Crippen molar-refractivity contribution in [2.75, 3.05) is 5.32 Å². The summed E-state index contributed by atoms with van der Waals surface area (Å²) in [7, 11) is 2.66. The van der Waals surface area contributed by atoms with Crippen LogP contribution >= 0.6 is 11.3 Å². The number of nitrogens with zero attached hydrogens (tertiary/aromatic N) is 4. The highest BCUT2D eigenvalue weighted by molar-refractivity contribution is 7.14. The Kier molecular flexibility index (Phi) is 5.40. The highest BCUT2D eigenvalue weighted by Gasteiger charge is 2.34. The summed E-state index contributed by atoms with van der Waals surface area (Å²) < 4.78 is 59.3. The number of carbonyl (C=O) groups is 1. The van der Waals surface area contributed by atoms with E-state index in [1.807, 2.05) is 0 Å². The number of hydrogen-bond donors (Lipinski definition) is 1. The number of rotatable bonds is 4. The molecule has 4 aromatic rings. The molecule has 0 bridgehead atoms. The highest BCUT2D eigenvalue weighted by atomic mass is 32.1. The summed E-state index contributed by atoms with van der Waals surface area (Å²) in [6.07, 6.45) is -5.25. The maximum Gasteiger partial charge on any atom is 0.419 e. The Hall–Kier alpha value is -3.81. The third-order valence-electron chi connectivity index (χ3n) is 4.79. The number of benzene rings is 1. The van der Waals surface area contributed by atoms with E-state index in [2.05, 4.69) is 15.5 Å². The molecule has 3 heterocycles. The van der Waals surface area contributed by atoms with E-state index in [4.69, 9.17) is 4.52 Å². The van der Waals surface area contributed by atoms with Gasteiger partial charge in [-0.05, 0) is 18.2 Å². The number of thiazole rings is 1. The van der Waals surface area contributed by atoms with Crippen molar-refractivity contribution in [2.45, 2.75) is 12.6 Å². The Bertz CT molecular complexity index is 1520. The summed E-state index contributed by atoms with van der Waals surface area (Å²) in [6, 6.07) is 2.48. The second-order valence-electron chi connectivity index (χ2n) is 6.97. The molecule has 33 heavy (non-hydrogen) atoms. The van der Waals surface area contributed by atoms with E-state index in [0.717, 1.165) is 26.5 Å². The zero-order valence-electron chi connectivity index (χ0n) is 16.9. The molecule has 0 atom stereocenters. The van der Waals surface area contributed by atoms with E-state index in [1.54, 1.807) is 0 Å². The van der Waals surface area contributed by atoms with E-state index in [9.17, 15) is 31.9 Å². The number of fused-ring (bicyclic) bond motifs is 1. The van der Waals surface area contributed by atoms with Gasteiger partial charge in [-0.3, -0.25) is 18.7 Å². The molecular weight excluding hydrogens is 470 g/mol. The molecule has 1 N–H and O–H groups in total. The first-order valence-corrected chi connectivity index (χ1v) is 10.0. The van der Waals surface area contributed by atoms with Crippen molar-refractivity contribution < 1.29 is 26.9 Å². The van der Waals surface area contributed by atoms with Crippen molar-refractivity contribution in [3.8, 4) is 11.3 Å². The zero-order chi connectivity index (χ0) is 24.1. The van der Waals surface area contributed by atoms with Crippen LogP contribution in [-0.4, -0.2) is 25.2 Å². The second kappa shape index (κ2) is 7.95. The SMILES string of the molecule is Cn1c(=O)c2c(CC(=O)Nc3nc(-c4ccc(F)c(C(F)(F)F)c4)cs3)noc2n(C)c1=O. The molecule has 0 spiro atoms. The Morgan fingerprint density at radius 3 is 2.64 bits per heavy atom. The molecular formula is C19H13F4N5O4S. The molecule has 0 aliphatic carbocycles. The standard InChI is InChI=1S/C19H13F4N5O4S/c1-27-15(30)14-11(26-32-16(14)28(2)18(27)31)6-13(29)25-17-24-12(7-33-17)8-3-4-10(20)9(5-8)19(21,22)23/h3-5,7H,6H2,1-2H3,(H,24,25,29).